The lowest BCUT2D eigenvalue weighted by Gasteiger charge is -2.54. The van der Waals surface area contributed by atoms with E-state index in [1.807, 2.05) is 0 Å². The van der Waals surface area contributed by atoms with E-state index in [1.54, 1.807) is 6.92 Å². The maximum atomic E-state index is 14.2. The highest BCUT2D eigenvalue weighted by Gasteiger charge is 2.48. The zero-order valence-electron chi connectivity index (χ0n) is 11.8. The highest BCUT2D eigenvalue weighted by Crippen LogP contribution is 2.54. The highest BCUT2D eigenvalue weighted by molar-refractivity contribution is 5.50. The number of benzene rings is 1. The molecule has 4 saturated carbocycles. The van der Waals surface area contributed by atoms with Gasteiger partial charge in [0.2, 0.25) is 0 Å². The fourth-order valence-corrected chi connectivity index (χ4v) is 5.12. The zero-order chi connectivity index (χ0) is 13.9. The molecule has 20 heavy (non-hydrogen) atoms. The molecule has 0 spiro atoms. The first-order chi connectivity index (χ1) is 9.61. The first kappa shape index (κ1) is 12.6. The summed E-state index contributed by atoms with van der Waals surface area (Å²) >= 11 is 0. The summed E-state index contributed by atoms with van der Waals surface area (Å²) in [7, 11) is 0. The SMILES string of the molecule is Cc1ccc(F)c(NC2C3CC4CC(C3)CC2C4)c1F. The predicted molar refractivity (Wildman–Crippen MR) is 75.6 cm³/mol. The van der Waals surface area contributed by atoms with Crippen LogP contribution >= 0.6 is 0 Å². The Hall–Kier alpha value is -1.12. The van der Waals surface area contributed by atoms with E-state index in [-0.39, 0.29) is 11.7 Å². The molecule has 4 aliphatic rings. The van der Waals surface area contributed by atoms with E-state index in [2.05, 4.69) is 5.32 Å². The summed E-state index contributed by atoms with van der Waals surface area (Å²) in [6.45, 7) is 1.69. The zero-order valence-corrected chi connectivity index (χ0v) is 11.8. The number of rotatable bonds is 2. The Morgan fingerprint density at radius 1 is 0.950 bits per heavy atom. The lowest BCUT2D eigenvalue weighted by atomic mass is 9.54. The van der Waals surface area contributed by atoms with Crippen molar-refractivity contribution in [3.8, 4) is 0 Å². The van der Waals surface area contributed by atoms with Gasteiger partial charge in [-0.3, -0.25) is 0 Å². The van der Waals surface area contributed by atoms with Crippen LogP contribution in [-0.2, 0) is 0 Å². The fraction of sp³-hybridized carbons (Fsp3) is 0.647. The van der Waals surface area contributed by atoms with Crippen LogP contribution in [0.15, 0.2) is 12.1 Å². The molecule has 1 aromatic carbocycles. The predicted octanol–water partition coefficient (Wildman–Crippen LogP) is 4.51. The summed E-state index contributed by atoms with van der Waals surface area (Å²) in [4.78, 5) is 0. The van der Waals surface area contributed by atoms with Gasteiger partial charge in [0.15, 0.2) is 5.82 Å². The summed E-state index contributed by atoms with van der Waals surface area (Å²) < 4.78 is 28.1. The smallest absolute Gasteiger partial charge is 0.152 e. The molecule has 5 rings (SSSR count). The average Bonchev–Trinajstić information content (AvgIpc) is 2.41. The van der Waals surface area contributed by atoms with Crippen LogP contribution in [-0.4, -0.2) is 6.04 Å². The van der Waals surface area contributed by atoms with Crippen LogP contribution in [0.25, 0.3) is 0 Å². The van der Waals surface area contributed by atoms with Gasteiger partial charge >= 0.3 is 0 Å². The van der Waals surface area contributed by atoms with Crippen molar-refractivity contribution in [2.24, 2.45) is 23.7 Å². The average molecular weight is 277 g/mol. The second kappa shape index (κ2) is 4.44. The molecule has 4 aliphatic carbocycles. The molecule has 3 heteroatoms. The second-order valence-corrected chi connectivity index (χ2v) is 7.15. The monoisotopic (exact) mass is 277 g/mol. The van der Waals surface area contributed by atoms with Gasteiger partial charge in [-0.2, -0.15) is 0 Å². The van der Waals surface area contributed by atoms with E-state index < -0.39 is 11.6 Å². The number of halogens is 2. The molecule has 1 N–H and O–H groups in total. The van der Waals surface area contributed by atoms with Crippen molar-refractivity contribution >= 4 is 5.69 Å². The largest absolute Gasteiger partial charge is 0.377 e. The normalized spacial score (nSPS) is 38.2. The highest BCUT2D eigenvalue weighted by atomic mass is 19.1. The van der Waals surface area contributed by atoms with Crippen LogP contribution in [0.1, 0.15) is 37.7 Å². The third-order valence-corrected chi connectivity index (χ3v) is 5.82. The number of nitrogens with one attached hydrogen (secondary N) is 1. The fourth-order valence-electron chi connectivity index (χ4n) is 5.12. The van der Waals surface area contributed by atoms with E-state index in [0.29, 0.717) is 17.4 Å². The molecule has 0 atom stereocenters. The summed E-state index contributed by atoms with van der Waals surface area (Å²) in [6, 6.07) is 3.15. The minimum absolute atomic E-state index is 0.0995. The van der Waals surface area contributed by atoms with Crippen LogP contribution in [0.2, 0.25) is 0 Å². The van der Waals surface area contributed by atoms with E-state index in [0.717, 1.165) is 11.8 Å². The quantitative estimate of drug-likeness (QED) is 0.838. The van der Waals surface area contributed by atoms with E-state index >= 15 is 0 Å². The Balaban J connectivity index is 1.62. The molecule has 1 nitrogen and oxygen atoms in total. The van der Waals surface area contributed by atoms with Gasteiger partial charge in [-0.05, 0) is 74.3 Å². The van der Waals surface area contributed by atoms with Crippen LogP contribution < -0.4 is 5.32 Å². The van der Waals surface area contributed by atoms with Gasteiger partial charge in [0.25, 0.3) is 0 Å². The van der Waals surface area contributed by atoms with Crippen LogP contribution in [0.5, 0.6) is 0 Å². The van der Waals surface area contributed by atoms with E-state index in [9.17, 15) is 8.78 Å². The summed E-state index contributed by atoms with van der Waals surface area (Å²) in [6.07, 6.45) is 6.39. The van der Waals surface area contributed by atoms with Crippen LogP contribution in [0.4, 0.5) is 14.5 Å². The molecule has 0 aliphatic heterocycles. The number of hydrogen-bond acceptors (Lipinski definition) is 1. The molecule has 108 valence electrons. The molecule has 0 radical (unpaired) electrons. The molecule has 0 aromatic heterocycles. The first-order valence-electron chi connectivity index (χ1n) is 7.83. The first-order valence-corrected chi connectivity index (χ1v) is 7.83. The van der Waals surface area contributed by atoms with Gasteiger partial charge in [-0.1, -0.05) is 6.07 Å². The summed E-state index contributed by atoms with van der Waals surface area (Å²) in [5, 5.41) is 3.25. The maximum absolute atomic E-state index is 14.2. The molecule has 0 amide bonds. The third kappa shape index (κ3) is 1.86. The van der Waals surface area contributed by atoms with Crippen molar-refractivity contribution in [3.63, 3.8) is 0 Å². The summed E-state index contributed by atoms with van der Waals surface area (Å²) in [5.41, 5.74) is 0.611. The number of anilines is 1. The molecule has 4 fully saturated rings. The Bertz CT molecular complexity index is 512. The molecular weight excluding hydrogens is 256 g/mol. The molecule has 0 saturated heterocycles. The lowest BCUT2D eigenvalue weighted by molar-refractivity contribution is 0.00734. The van der Waals surface area contributed by atoms with Crippen LogP contribution in [0.3, 0.4) is 0 Å². The van der Waals surface area contributed by atoms with Gasteiger partial charge in [-0.15, -0.1) is 0 Å². The molecular formula is C17H21F2N. The minimum atomic E-state index is -0.457. The molecule has 0 heterocycles. The van der Waals surface area contributed by atoms with Crippen molar-refractivity contribution in [1.29, 1.82) is 0 Å². The van der Waals surface area contributed by atoms with Gasteiger partial charge in [0, 0.05) is 6.04 Å². The van der Waals surface area contributed by atoms with Crippen molar-refractivity contribution < 1.29 is 8.78 Å². The molecule has 0 unspecified atom stereocenters. The van der Waals surface area contributed by atoms with Gasteiger partial charge in [-0.25, -0.2) is 8.78 Å². The Labute approximate surface area is 118 Å². The summed E-state index contributed by atoms with van der Waals surface area (Å²) in [5.74, 6) is 2.11. The number of aryl methyl sites for hydroxylation is 1. The Kier molecular flexibility index (Phi) is 2.80. The van der Waals surface area contributed by atoms with Crippen molar-refractivity contribution in [2.75, 3.05) is 5.32 Å². The standard InChI is InChI=1S/C17H21F2N/c1-9-2-3-14(18)17(15(9)19)20-16-12-5-10-4-11(7-12)8-13(16)6-10/h2-3,10-13,16,20H,4-8H2,1H3. The minimum Gasteiger partial charge on any atom is -0.377 e. The molecule has 1 aromatic rings. The van der Waals surface area contributed by atoms with E-state index in [1.165, 1.54) is 44.2 Å². The second-order valence-electron chi connectivity index (χ2n) is 7.15. The van der Waals surface area contributed by atoms with Crippen molar-refractivity contribution in [3.05, 3.63) is 29.3 Å². The van der Waals surface area contributed by atoms with Crippen molar-refractivity contribution in [1.82, 2.24) is 0 Å². The van der Waals surface area contributed by atoms with Crippen molar-refractivity contribution in [2.45, 2.75) is 45.1 Å². The maximum Gasteiger partial charge on any atom is 0.152 e. The van der Waals surface area contributed by atoms with Gasteiger partial charge in [0.1, 0.15) is 11.5 Å². The Morgan fingerprint density at radius 3 is 2.15 bits per heavy atom. The van der Waals surface area contributed by atoms with Gasteiger partial charge in [0.05, 0.1) is 0 Å². The van der Waals surface area contributed by atoms with E-state index in [4.69, 9.17) is 0 Å². The lowest BCUT2D eigenvalue weighted by Crippen LogP contribution is -2.51. The third-order valence-electron chi connectivity index (χ3n) is 5.82. The Morgan fingerprint density at radius 2 is 1.55 bits per heavy atom. The topological polar surface area (TPSA) is 12.0 Å². The molecule has 4 bridgehead atoms. The van der Waals surface area contributed by atoms with Gasteiger partial charge < -0.3 is 5.32 Å². The van der Waals surface area contributed by atoms with Crippen LogP contribution in [0, 0.1) is 42.2 Å². The number of hydrogen-bond donors (Lipinski definition) is 1.